The Labute approximate surface area is 65.4 Å². The van der Waals surface area contributed by atoms with E-state index in [4.69, 9.17) is 5.73 Å². The van der Waals surface area contributed by atoms with Crippen LogP contribution in [0.4, 0.5) is 5.82 Å². The Balaban J connectivity index is 2.33. The van der Waals surface area contributed by atoms with Crippen molar-refractivity contribution in [3.05, 3.63) is 5.69 Å². The summed E-state index contributed by atoms with van der Waals surface area (Å²) in [6.45, 7) is 0. The highest BCUT2D eigenvalue weighted by molar-refractivity contribution is 5.36. The molecule has 60 valence electrons. The molecule has 1 saturated carbocycles. The molecule has 11 heavy (non-hydrogen) atoms. The van der Waals surface area contributed by atoms with Crippen molar-refractivity contribution in [1.82, 2.24) is 15.0 Å². The van der Waals surface area contributed by atoms with Crippen molar-refractivity contribution in [2.75, 3.05) is 5.73 Å². The zero-order chi connectivity index (χ0) is 7.84. The molecule has 0 bridgehead atoms. The fraction of sp³-hybridized carbons (Fsp3) is 0.714. The van der Waals surface area contributed by atoms with Gasteiger partial charge in [0.15, 0.2) is 5.82 Å². The van der Waals surface area contributed by atoms with Gasteiger partial charge in [0.25, 0.3) is 0 Å². The summed E-state index contributed by atoms with van der Waals surface area (Å²) in [4.78, 5) is 0. The number of aromatic nitrogens is 3. The lowest BCUT2D eigenvalue weighted by Gasteiger charge is -2.24. The highest BCUT2D eigenvalue weighted by Gasteiger charge is 2.25. The van der Waals surface area contributed by atoms with Crippen LogP contribution in [0.15, 0.2) is 0 Å². The Morgan fingerprint density at radius 1 is 1.55 bits per heavy atom. The third-order valence-corrected chi connectivity index (χ3v) is 2.39. The number of hydrogen-bond acceptors (Lipinski definition) is 3. The average molecular weight is 152 g/mol. The lowest BCUT2D eigenvalue weighted by atomic mass is 9.83. The SMILES string of the molecule is Cn1nnc(N)c1C1CCC1. The molecular weight excluding hydrogens is 140 g/mol. The molecule has 1 aliphatic rings. The maximum absolute atomic E-state index is 5.66. The maximum atomic E-state index is 5.66. The third-order valence-electron chi connectivity index (χ3n) is 2.39. The van der Waals surface area contributed by atoms with Crippen LogP contribution in [0.2, 0.25) is 0 Å². The number of nitrogens with zero attached hydrogens (tertiary/aromatic N) is 3. The highest BCUT2D eigenvalue weighted by atomic mass is 15.4. The summed E-state index contributed by atoms with van der Waals surface area (Å²) in [6, 6.07) is 0. The second kappa shape index (κ2) is 2.22. The molecule has 0 atom stereocenters. The minimum atomic E-state index is 0.609. The summed E-state index contributed by atoms with van der Waals surface area (Å²) in [7, 11) is 1.90. The van der Waals surface area contributed by atoms with Crippen molar-refractivity contribution in [2.24, 2.45) is 7.05 Å². The van der Waals surface area contributed by atoms with Crippen molar-refractivity contribution in [3.63, 3.8) is 0 Å². The summed E-state index contributed by atoms with van der Waals surface area (Å²) in [6.07, 6.45) is 3.80. The third kappa shape index (κ3) is 0.895. The van der Waals surface area contributed by atoms with Crippen molar-refractivity contribution < 1.29 is 0 Å². The topological polar surface area (TPSA) is 56.7 Å². The van der Waals surface area contributed by atoms with E-state index in [0.717, 1.165) is 5.69 Å². The first kappa shape index (κ1) is 6.64. The summed E-state index contributed by atoms with van der Waals surface area (Å²) in [5.41, 5.74) is 6.78. The largest absolute Gasteiger partial charge is 0.381 e. The number of nitrogen functional groups attached to an aromatic ring is 1. The van der Waals surface area contributed by atoms with Crippen LogP contribution < -0.4 is 5.73 Å². The van der Waals surface area contributed by atoms with E-state index in [9.17, 15) is 0 Å². The fourth-order valence-corrected chi connectivity index (χ4v) is 1.54. The summed E-state index contributed by atoms with van der Waals surface area (Å²) < 4.78 is 1.79. The normalized spacial score (nSPS) is 18.3. The van der Waals surface area contributed by atoms with Gasteiger partial charge in [-0.15, -0.1) is 5.10 Å². The lowest BCUT2D eigenvalue weighted by Crippen LogP contribution is -2.14. The summed E-state index contributed by atoms with van der Waals surface area (Å²) in [5.74, 6) is 1.23. The Kier molecular flexibility index (Phi) is 1.34. The van der Waals surface area contributed by atoms with Crippen molar-refractivity contribution in [1.29, 1.82) is 0 Å². The van der Waals surface area contributed by atoms with Gasteiger partial charge >= 0.3 is 0 Å². The fourth-order valence-electron chi connectivity index (χ4n) is 1.54. The van der Waals surface area contributed by atoms with E-state index in [0.29, 0.717) is 11.7 Å². The van der Waals surface area contributed by atoms with Crippen LogP contribution in [0.3, 0.4) is 0 Å². The standard InChI is InChI=1S/C7H12N4/c1-11-6(5-3-2-4-5)7(8)9-10-11/h5H,2-4,8H2,1H3. The predicted molar refractivity (Wildman–Crippen MR) is 42.0 cm³/mol. The summed E-state index contributed by atoms with van der Waals surface area (Å²) >= 11 is 0. The minimum absolute atomic E-state index is 0.609. The zero-order valence-corrected chi connectivity index (χ0v) is 6.62. The van der Waals surface area contributed by atoms with Crippen molar-refractivity contribution >= 4 is 5.82 Å². The molecule has 4 nitrogen and oxygen atoms in total. The Morgan fingerprint density at radius 3 is 2.64 bits per heavy atom. The molecule has 1 aromatic rings. The molecule has 4 heteroatoms. The smallest absolute Gasteiger partial charge is 0.169 e. The molecule has 0 aliphatic heterocycles. The number of nitrogens with two attached hydrogens (primary N) is 1. The molecule has 0 aromatic carbocycles. The van der Waals surface area contributed by atoms with Crippen LogP contribution in [0.1, 0.15) is 30.9 Å². The summed E-state index contributed by atoms with van der Waals surface area (Å²) in [5, 5.41) is 7.67. The minimum Gasteiger partial charge on any atom is -0.381 e. The molecule has 1 heterocycles. The maximum Gasteiger partial charge on any atom is 0.169 e. The Morgan fingerprint density at radius 2 is 2.27 bits per heavy atom. The van der Waals surface area contributed by atoms with Gasteiger partial charge < -0.3 is 5.73 Å². The Hall–Kier alpha value is -1.06. The van der Waals surface area contributed by atoms with Crippen molar-refractivity contribution in [3.8, 4) is 0 Å². The van der Waals surface area contributed by atoms with Gasteiger partial charge in [-0.25, -0.2) is 4.68 Å². The van der Waals surface area contributed by atoms with E-state index >= 15 is 0 Å². The van der Waals surface area contributed by atoms with E-state index in [1.54, 1.807) is 4.68 Å². The lowest BCUT2D eigenvalue weighted by molar-refractivity contribution is 0.398. The van der Waals surface area contributed by atoms with Gasteiger partial charge in [0.2, 0.25) is 0 Å². The average Bonchev–Trinajstić information content (AvgIpc) is 2.15. The van der Waals surface area contributed by atoms with Crippen molar-refractivity contribution in [2.45, 2.75) is 25.2 Å². The molecule has 2 N–H and O–H groups in total. The van der Waals surface area contributed by atoms with E-state index in [2.05, 4.69) is 10.3 Å². The quantitative estimate of drug-likeness (QED) is 0.643. The predicted octanol–water partition coefficient (Wildman–Crippen LogP) is 0.665. The number of hydrogen-bond donors (Lipinski definition) is 1. The Bertz CT molecular complexity index is 242. The van der Waals surface area contributed by atoms with E-state index in [1.807, 2.05) is 7.05 Å². The van der Waals surface area contributed by atoms with Gasteiger partial charge in [-0.1, -0.05) is 11.6 Å². The molecule has 1 fully saturated rings. The van der Waals surface area contributed by atoms with Gasteiger partial charge in [-0.05, 0) is 12.8 Å². The monoisotopic (exact) mass is 152 g/mol. The molecule has 0 amide bonds. The molecule has 0 unspecified atom stereocenters. The van der Waals surface area contributed by atoms with Crippen LogP contribution >= 0.6 is 0 Å². The van der Waals surface area contributed by atoms with Crippen LogP contribution in [-0.2, 0) is 7.05 Å². The zero-order valence-electron chi connectivity index (χ0n) is 6.62. The first-order valence-electron chi connectivity index (χ1n) is 3.94. The van der Waals surface area contributed by atoms with Crippen LogP contribution in [-0.4, -0.2) is 15.0 Å². The van der Waals surface area contributed by atoms with Crippen LogP contribution in [0.5, 0.6) is 0 Å². The molecule has 0 saturated heterocycles. The van der Waals surface area contributed by atoms with Gasteiger partial charge in [0.1, 0.15) is 0 Å². The second-order valence-electron chi connectivity index (χ2n) is 3.11. The molecule has 2 rings (SSSR count). The molecular formula is C7H12N4. The van der Waals surface area contributed by atoms with Gasteiger partial charge in [0, 0.05) is 13.0 Å². The number of aryl methyl sites for hydroxylation is 1. The van der Waals surface area contributed by atoms with Crippen LogP contribution in [0, 0.1) is 0 Å². The second-order valence-corrected chi connectivity index (χ2v) is 3.11. The molecule has 0 spiro atoms. The number of rotatable bonds is 1. The molecule has 1 aliphatic carbocycles. The van der Waals surface area contributed by atoms with E-state index in [-0.39, 0.29) is 0 Å². The van der Waals surface area contributed by atoms with E-state index < -0.39 is 0 Å². The van der Waals surface area contributed by atoms with Crippen LogP contribution in [0.25, 0.3) is 0 Å². The van der Waals surface area contributed by atoms with Gasteiger partial charge in [0.05, 0.1) is 5.69 Å². The highest BCUT2D eigenvalue weighted by Crippen LogP contribution is 2.37. The molecule has 1 aromatic heterocycles. The van der Waals surface area contributed by atoms with Gasteiger partial charge in [-0.3, -0.25) is 0 Å². The first-order valence-corrected chi connectivity index (χ1v) is 3.94. The van der Waals surface area contributed by atoms with Gasteiger partial charge in [-0.2, -0.15) is 0 Å². The number of anilines is 1. The van der Waals surface area contributed by atoms with E-state index in [1.165, 1.54) is 19.3 Å². The first-order chi connectivity index (χ1) is 5.29. The molecule has 0 radical (unpaired) electrons.